The van der Waals surface area contributed by atoms with Crippen molar-refractivity contribution in [2.75, 3.05) is 0 Å². The highest BCUT2D eigenvalue weighted by molar-refractivity contribution is 6.20. The molecule has 0 N–H and O–H groups in total. The van der Waals surface area contributed by atoms with Crippen LogP contribution in [0.3, 0.4) is 0 Å². The third-order valence-corrected chi connectivity index (χ3v) is 4.36. The first-order chi connectivity index (χ1) is 9.27. The van der Waals surface area contributed by atoms with E-state index in [-0.39, 0.29) is 5.38 Å². The van der Waals surface area contributed by atoms with E-state index in [0.717, 1.165) is 11.3 Å². The number of halogens is 1. The van der Waals surface area contributed by atoms with Gasteiger partial charge in [-0.05, 0) is 31.9 Å². The number of imidazole rings is 1. The van der Waals surface area contributed by atoms with Crippen LogP contribution in [0.15, 0.2) is 24.3 Å². The van der Waals surface area contributed by atoms with Crippen LogP contribution in [0.2, 0.25) is 0 Å². The van der Waals surface area contributed by atoms with Gasteiger partial charge in [0.1, 0.15) is 5.82 Å². The zero-order valence-corrected chi connectivity index (χ0v) is 12.2. The number of para-hydroxylation sites is 2. The molecule has 1 atom stereocenters. The van der Waals surface area contributed by atoms with Crippen molar-refractivity contribution in [2.45, 2.75) is 56.9 Å². The first-order valence-corrected chi connectivity index (χ1v) is 7.82. The largest absolute Gasteiger partial charge is 0.324 e. The van der Waals surface area contributed by atoms with Gasteiger partial charge in [0.2, 0.25) is 0 Å². The zero-order chi connectivity index (χ0) is 13.2. The summed E-state index contributed by atoms with van der Waals surface area (Å²) in [5, 5.41) is -0.0318. The fourth-order valence-corrected chi connectivity index (χ4v) is 3.40. The maximum atomic E-state index is 6.36. The highest BCUT2D eigenvalue weighted by atomic mass is 35.5. The van der Waals surface area contributed by atoms with Gasteiger partial charge in [0.15, 0.2) is 0 Å². The second-order valence-corrected chi connectivity index (χ2v) is 6.24. The van der Waals surface area contributed by atoms with Crippen LogP contribution in [0, 0.1) is 0 Å². The molecule has 1 aliphatic carbocycles. The molecule has 2 nitrogen and oxygen atoms in total. The van der Waals surface area contributed by atoms with E-state index >= 15 is 0 Å². The van der Waals surface area contributed by atoms with E-state index in [2.05, 4.69) is 28.8 Å². The van der Waals surface area contributed by atoms with Gasteiger partial charge >= 0.3 is 0 Å². The number of aromatic nitrogens is 2. The lowest BCUT2D eigenvalue weighted by Crippen LogP contribution is -2.12. The third kappa shape index (κ3) is 2.51. The van der Waals surface area contributed by atoms with Crippen LogP contribution in [0.5, 0.6) is 0 Å². The summed E-state index contributed by atoms with van der Waals surface area (Å²) < 4.78 is 2.42. The first kappa shape index (κ1) is 13.0. The number of fused-ring (bicyclic) bond motifs is 1. The molecule has 1 unspecified atom stereocenters. The minimum absolute atomic E-state index is 0.0318. The highest BCUT2D eigenvalue weighted by Crippen LogP contribution is 2.34. The molecule has 0 radical (unpaired) electrons. The van der Waals surface area contributed by atoms with Crippen LogP contribution in [0.25, 0.3) is 11.0 Å². The Balaban J connectivity index is 2.10. The second kappa shape index (κ2) is 5.54. The van der Waals surface area contributed by atoms with Crippen molar-refractivity contribution in [1.82, 2.24) is 9.55 Å². The lowest BCUT2D eigenvalue weighted by molar-refractivity contribution is 0.440. The van der Waals surface area contributed by atoms with Crippen LogP contribution in [0.4, 0.5) is 0 Å². The van der Waals surface area contributed by atoms with Gasteiger partial charge in [-0.1, -0.05) is 37.8 Å². The molecule has 1 aliphatic rings. The van der Waals surface area contributed by atoms with Gasteiger partial charge in [-0.3, -0.25) is 0 Å². The Hall–Kier alpha value is -1.02. The molecule has 19 heavy (non-hydrogen) atoms. The number of benzene rings is 1. The van der Waals surface area contributed by atoms with Gasteiger partial charge in [0.05, 0.1) is 16.4 Å². The summed E-state index contributed by atoms with van der Waals surface area (Å²) in [6.45, 7) is 2.02. The normalized spacial score (nSPS) is 19.5. The Kier molecular flexibility index (Phi) is 3.79. The van der Waals surface area contributed by atoms with Crippen molar-refractivity contribution < 1.29 is 0 Å². The smallest absolute Gasteiger partial charge is 0.127 e. The molecule has 1 saturated carbocycles. The predicted molar refractivity (Wildman–Crippen MR) is 80.7 cm³/mol. The Bertz CT molecular complexity index is 551. The summed E-state index contributed by atoms with van der Waals surface area (Å²) in [6, 6.07) is 8.99. The zero-order valence-electron chi connectivity index (χ0n) is 11.5. The molecule has 1 heterocycles. The van der Waals surface area contributed by atoms with Crippen molar-refractivity contribution >= 4 is 22.6 Å². The van der Waals surface area contributed by atoms with Crippen molar-refractivity contribution in [3.8, 4) is 0 Å². The highest BCUT2D eigenvalue weighted by Gasteiger charge is 2.22. The van der Waals surface area contributed by atoms with Crippen LogP contribution in [0.1, 0.15) is 62.7 Å². The van der Waals surface area contributed by atoms with Crippen molar-refractivity contribution in [1.29, 1.82) is 0 Å². The Morgan fingerprint density at radius 3 is 2.53 bits per heavy atom. The number of nitrogens with zero attached hydrogens (tertiary/aromatic N) is 2. The quantitative estimate of drug-likeness (QED) is 0.542. The van der Waals surface area contributed by atoms with Crippen LogP contribution < -0.4 is 0 Å². The van der Waals surface area contributed by atoms with Crippen molar-refractivity contribution in [2.24, 2.45) is 0 Å². The molecular formula is C16H21ClN2. The maximum absolute atomic E-state index is 6.36. The summed E-state index contributed by atoms with van der Waals surface area (Å²) in [6.07, 6.45) is 7.91. The van der Waals surface area contributed by atoms with Gasteiger partial charge in [-0.25, -0.2) is 4.98 Å². The molecule has 102 valence electrons. The second-order valence-electron chi connectivity index (χ2n) is 5.59. The van der Waals surface area contributed by atoms with E-state index in [4.69, 9.17) is 16.6 Å². The molecule has 3 heteroatoms. The van der Waals surface area contributed by atoms with E-state index in [0.29, 0.717) is 6.04 Å². The van der Waals surface area contributed by atoms with E-state index in [1.165, 1.54) is 44.0 Å². The van der Waals surface area contributed by atoms with Gasteiger partial charge in [0, 0.05) is 6.04 Å². The summed E-state index contributed by atoms with van der Waals surface area (Å²) >= 11 is 6.36. The lowest BCUT2D eigenvalue weighted by Gasteiger charge is -2.21. The molecule has 1 fully saturated rings. The monoisotopic (exact) mass is 276 g/mol. The number of rotatable bonds is 2. The summed E-state index contributed by atoms with van der Waals surface area (Å²) in [7, 11) is 0. The van der Waals surface area contributed by atoms with Crippen molar-refractivity contribution in [3.63, 3.8) is 0 Å². The molecule has 2 aromatic rings. The molecule has 1 aromatic heterocycles. The molecule has 0 spiro atoms. The topological polar surface area (TPSA) is 17.8 Å². The minimum Gasteiger partial charge on any atom is -0.324 e. The fourth-order valence-electron chi connectivity index (χ4n) is 3.24. The van der Waals surface area contributed by atoms with Gasteiger partial charge in [-0.2, -0.15) is 0 Å². The molecule has 0 aliphatic heterocycles. The van der Waals surface area contributed by atoms with Gasteiger partial charge in [-0.15, -0.1) is 11.6 Å². The summed E-state index contributed by atoms with van der Waals surface area (Å²) in [5.74, 6) is 1.04. The van der Waals surface area contributed by atoms with Crippen molar-refractivity contribution in [3.05, 3.63) is 30.1 Å². The van der Waals surface area contributed by atoms with E-state index in [1.54, 1.807) is 0 Å². The van der Waals surface area contributed by atoms with Crippen LogP contribution in [-0.4, -0.2) is 9.55 Å². The summed E-state index contributed by atoms with van der Waals surface area (Å²) in [5.41, 5.74) is 2.33. The van der Waals surface area contributed by atoms with Crippen LogP contribution in [-0.2, 0) is 0 Å². The number of hydrogen-bond acceptors (Lipinski definition) is 1. The Labute approximate surface area is 119 Å². The van der Waals surface area contributed by atoms with E-state index in [9.17, 15) is 0 Å². The average molecular weight is 277 g/mol. The molecule has 0 saturated heterocycles. The molecule has 0 bridgehead atoms. The number of alkyl halides is 1. The first-order valence-electron chi connectivity index (χ1n) is 7.38. The molecule has 3 rings (SSSR count). The van der Waals surface area contributed by atoms with E-state index < -0.39 is 0 Å². The predicted octanol–water partition coefficient (Wildman–Crippen LogP) is 5.23. The fraction of sp³-hybridized carbons (Fsp3) is 0.562. The van der Waals surface area contributed by atoms with E-state index in [1.807, 2.05) is 6.92 Å². The van der Waals surface area contributed by atoms with Crippen LogP contribution >= 0.6 is 11.6 Å². The Morgan fingerprint density at radius 2 is 1.84 bits per heavy atom. The maximum Gasteiger partial charge on any atom is 0.127 e. The molecular weight excluding hydrogens is 256 g/mol. The molecule has 0 amide bonds. The average Bonchev–Trinajstić information content (AvgIpc) is 2.60. The molecule has 1 aromatic carbocycles. The Morgan fingerprint density at radius 1 is 1.16 bits per heavy atom. The lowest BCUT2D eigenvalue weighted by atomic mass is 10.1. The number of hydrogen-bond donors (Lipinski definition) is 0. The van der Waals surface area contributed by atoms with Gasteiger partial charge in [0.25, 0.3) is 0 Å². The summed E-state index contributed by atoms with van der Waals surface area (Å²) in [4.78, 5) is 4.75. The standard InChI is InChI=1S/C16H21ClN2/c1-12(17)16-18-14-10-6-7-11-15(14)19(16)13-8-4-2-3-5-9-13/h6-7,10-13H,2-5,8-9H2,1H3. The third-order valence-electron chi connectivity index (χ3n) is 4.17. The SMILES string of the molecule is CC(Cl)c1nc2ccccc2n1C1CCCCCC1. The van der Waals surface area contributed by atoms with Gasteiger partial charge < -0.3 is 4.57 Å². The minimum atomic E-state index is -0.0318.